The first-order valence-corrected chi connectivity index (χ1v) is 7.04. The molecular weight excluding hydrogens is 302 g/mol. The van der Waals surface area contributed by atoms with Gasteiger partial charge in [0, 0.05) is 30.2 Å². The second kappa shape index (κ2) is 7.64. The molecule has 2 rings (SSSR count). The van der Waals surface area contributed by atoms with Gasteiger partial charge in [-0.3, -0.25) is 4.98 Å². The zero-order valence-corrected chi connectivity index (χ0v) is 12.9. The van der Waals surface area contributed by atoms with Crippen LogP contribution in [0.3, 0.4) is 0 Å². The zero-order valence-electron chi connectivity index (χ0n) is 12.9. The standard InChI is InChI=1S/C16H18F2N4O/c1-22(2)14(15-12(17)4-3-5-13(15)18)10-20-16(23)21-11-6-8-19-9-7-11/h3-9,14H,10H2,1-2H3,(H2,19,20,21,23)/t14-/m1/s1. The molecule has 0 spiro atoms. The van der Waals surface area contributed by atoms with E-state index in [4.69, 9.17) is 0 Å². The largest absolute Gasteiger partial charge is 0.336 e. The van der Waals surface area contributed by atoms with Crippen LogP contribution in [0.4, 0.5) is 19.3 Å². The van der Waals surface area contributed by atoms with Crippen LogP contribution in [-0.2, 0) is 0 Å². The lowest BCUT2D eigenvalue weighted by molar-refractivity contribution is 0.240. The van der Waals surface area contributed by atoms with Crippen molar-refractivity contribution in [1.82, 2.24) is 15.2 Å². The summed E-state index contributed by atoms with van der Waals surface area (Å²) in [5.41, 5.74) is 0.512. The maximum Gasteiger partial charge on any atom is 0.319 e. The number of urea groups is 1. The van der Waals surface area contributed by atoms with Crippen LogP contribution in [0.2, 0.25) is 0 Å². The summed E-state index contributed by atoms with van der Waals surface area (Å²) in [7, 11) is 3.39. The molecule has 7 heteroatoms. The SMILES string of the molecule is CN(C)[C@H](CNC(=O)Nc1ccncc1)c1c(F)cccc1F. The van der Waals surface area contributed by atoms with Crippen molar-refractivity contribution >= 4 is 11.7 Å². The highest BCUT2D eigenvalue weighted by molar-refractivity contribution is 5.89. The van der Waals surface area contributed by atoms with Gasteiger partial charge in [-0.05, 0) is 38.4 Å². The Labute approximate surface area is 133 Å². The number of hydrogen-bond acceptors (Lipinski definition) is 3. The summed E-state index contributed by atoms with van der Waals surface area (Å²) in [6, 6.07) is 5.90. The maximum atomic E-state index is 13.9. The third-order valence-corrected chi connectivity index (χ3v) is 3.35. The lowest BCUT2D eigenvalue weighted by atomic mass is 10.0. The smallest absolute Gasteiger partial charge is 0.319 e. The lowest BCUT2D eigenvalue weighted by Crippen LogP contribution is -2.37. The van der Waals surface area contributed by atoms with Crippen LogP contribution < -0.4 is 10.6 Å². The first kappa shape index (κ1) is 16.8. The summed E-state index contributed by atoms with van der Waals surface area (Å²) in [4.78, 5) is 17.4. The third kappa shape index (κ3) is 4.46. The summed E-state index contributed by atoms with van der Waals surface area (Å²) in [6.07, 6.45) is 3.10. The highest BCUT2D eigenvalue weighted by Gasteiger charge is 2.22. The highest BCUT2D eigenvalue weighted by atomic mass is 19.1. The summed E-state index contributed by atoms with van der Waals surface area (Å²) in [5, 5.41) is 5.24. The minimum Gasteiger partial charge on any atom is -0.336 e. The van der Waals surface area contributed by atoms with E-state index in [1.165, 1.54) is 18.2 Å². The molecule has 23 heavy (non-hydrogen) atoms. The van der Waals surface area contributed by atoms with Crippen LogP contribution in [0, 0.1) is 11.6 Å². The van der Waals surface area contributed by atoms with Crippen molar-refractivity contribution in [2.75, 3.05) is 26.0 Å². The lowest BCUT2D eigenvalue weighted by Gasteiger charge is -2.25. The molecule has 122 valence electrons. The van der Waals surface area contributed by atoms with Crippen molar-refractivity contribution < 1.29 is 13.6 Å². The molecule has 0 aliphatic carbocycles. The highest BCUT2D eigenvalue weighted by Crippen LogP contribution is 2.23. The molecule has 2 aromatic rings. The third-order valence-electron chi connectivity index (χ3n) is 3.35. The summed E-state index contributed by atoms with van der Waals surface area (Å²) in [5.74, 6) is -1.28. The van der Waals surface area contributed by atoms with Crippen LogP contribution in [0.1, 0.15) is 11.6 Å². The molecule has 0 radical (unpaired) electrons. The number of nitrogens with zero attached hydrogens (tertiary/aromatic N) is 2. The van der Waals surface area contributed by atoms with Gasteiger partial charge in [-0.15, -0.1) is 0 Å². The molecule has 0 saturated carbocycles. The minimum absolute atomic E-state index is 0.0573. The topological polar surface area (TPSA) is 57.3 Å². The number of carbonyl (C=O) groups is 1. The number of carbonyl (C=O) groups excluding carboxylic acids is 1. The maximum absolute atomic E-state index is 13.9. The predicted molar refractivity (Wildman–Crippen MR) is 84.0 cm³/mol. The van der Waals surface area contributed by atoms with Crippen molar-refractivity contribution in [1.29, 1.82) is 0 Å². The monoisotopic (exact) mass is 320 g/mol. The van der Waals surface area contributed by atoms with E-state index in [1.54, 1.807) is 43.5 Å². The fraction of sp³-hybridized carbons (Fsp3) is 0.250. The number of nitrogens with one attached hydrogen (secondary N) is 2. The van der Waals surface area contributed by atoms with Gasteiger partial charge in [-0.25, -0.2) is 13.6 Å². The first-order chi connectivity index (χ1) is 11.0. The average Bonchev–Trinajstić information content (AvgIpc) is 2.50. The number of halogens is 2. The van der Waals surface area contributed by atoms with Gasteiger partial charge in [0.15, 0.2) is 0 Å². The second-order valence-corrected chi connectivity index (χ2v) is 5.19. The van der Waals surface area contributed by atoms with Crippen molar-refractivity contribution in [3.63, 3.8) is 0 Å². The molecule has 0 aliphatic rings. The predicted octanol–water partition coefficient (Wildman–Crippen LogP) is 2.78. The Balaban J connectivity index is 2.05. The number of rotatable bonds is 5. The molecule has 1 heterocycles. The van der Waals surface area contributed by atoms with Gasteiger partial charge in [0.05, 0.1) is 6.04 Å². The molecule has 1 aromatic carbocycles. The van der Waals surface area contributed by atoms with E-state index < -0.39 is 23.7 Å². The molecule has 5 nitrogen and oxygen atoms in total. The molecule has 1 atom stereocenters. The van der Waals surface area contributed by atoms with Crippen LogP contribution in [0.15, 0.2) is 42.7 Å². The fourth-order valence-corrected chi connectivity index (χ4v) is 2.17. The Bertz CT molecular complexity index is 644. The van der Waals surface area contributed by atoms with Gasteiger partial charge in [0.1, 0.15) is 11.6 Å². The van der Waals surface area contributed by atoms with E-state index in [-0.39, 0.29) is 12.1 Å². The number of amides is 2. The molecule has 0 unspecified atom stereocenters. The van der Waals surface area contributed by atoms with Gasteiger partial charge in [-0.1, -0.05) is 6.07 Å². The van der Waals surface area contributed by atoms with Crippen molar-refractivity contribution in [2.24, 2.45) is 0 Å². The van der Waals surface area contributed by atoms with Gasteiger partial charge in [0.2, 0.25) is 0 Å². The van der Waals surface area contributed by atoms with Gasteiger partial charge in [0.25, 0.3) is 0 Å². The Morgan fingerprint density at radius 1 is 1.17 bits per heavy atom. The molecule has 0 fully saturated rings. The van der Waals surface area contributed by atoms with Crippen LogP contribution >= 0.6 is 0 Å². The molecule has 2 N–H and O–H groups in total. The summed E-state index contributed by atoms with van der Waals surface area (Å²) < 4.78 is 27.9. The minimum atomic E-state index is -0.639. The van der Waals surface area contributed by atoms with E-state index >= 15 is 0 Å². The molecule has 2 amide bonds. The van der Waals surface area contributed by atoms with Crippen LogP contribution in [0.25, 0.3) is 0 Å². The van der Waals surface area contributed by atoms with E-state index in [1.807, 2.05) is 0 Å². The Morgan fingerprint density at radius 2 is 1.78 bits per heavy atom. The van der Waals surface area contributed by atoms with E-state index in [2.05, 4.69) is 15.6 Å². The van der Waals surface area contributed by atoms with E-state index in [0.29, 0.717) is 5.69 Å². The Hall–Kier alpha value is -2.54. The number of aromatic nitrogens is 1. The van der Waals surface area contributed by atoms with Crippen LogP contribution in [0.5, 0.6) is 0 Å². The molecule has 1 aromatic heterocycles. The molecular formula is C16H18F2N4O. The first-order valence-electron chi connectivity index (χ1n) is 7.04. The van der Waals surface area contributed by atoms with Gasteiger partial charge < -0.3 is 15.5 Å². The van der Waals surface area contributed by atoms with E-state index in [0.717, 1.165) is 0 Å². The van der Waals surface area contributed by atoms with Gasteiger partial charge >= 0.3 is 6.03 Å². The Kier molecular flexibility index (Phi) is 5.59. The average molecular weight is 320 g/mol. The summed E-state index contributed by atoms with van der Waals surface area (Å²) >= 11 is 0. The normalized spacial score (nSPS) is 12.0. The molecule has 0 saturated heterocycles. The Morgan fingerprint density at radius 3 is 2.35 bits per heavy atom. The quantitative estimate of drug-likeness (QED) is 0.891. The fourth-order valence-electron chi connectivity index (χ4n) is 2.17. The number of pyridine rings is 1. The number of anilines is 1. The van der Waals surface area contributed by atoms with Crippen LogP contribution in [-0.4, -0.2) is 36.6 Å². The number of hydrogen-bond donors (Lipinski definition) is 2. The van der Waals surface area contributed by atoms with Crippen molar-refractivity contribution in [3.05, 3.63) is 59.9 Å². The molecule has 0 aliphatic heterocycles. The zero-order chi connectivity index (χ0) is 16.8. The number of likely N-dealkylation sites (N-methyl/N-ethyl adjacent to an activating group) is 1. The van der Waals surface area contributed by atoms with Crippen molar-refractivity contribution in [3.8, 4) is 0 Å². The van der Waals surface area contributed by atoms with E-state index in [9.17, 15) is 13.6 Å². The molecule has 0 bridgehead atoms. The van der Waals surface area contributed by atoms with Gasteiger partial charge in [-0.2, -0.15) is 0 Å². The second-order valence-electron chi connectivity index (χ2n) is 5.19. The summed E-state index contributed by atoms with van der Waals surface area (Å²) in [6.45, 7) is 0.0573. The van der Waals surface area contributed by atoms with Crippen molar-refractivity contribution in [2.45, 2.75) is 6.04 Å². The number of benzene rings is 1.